The van der Waals surface area contributed by atoms with Crippen LogP contribution in [-0.2, 0) is 13.6 Å². The van der Waals surface area contributed by atoms with Crippen LogP contribution in [0.5, 0.6) is 11.5 Å². The van der Waals surface area contributed by atoms with Crippen LogP contribution in [0.2, 0.25) is 0 Å². The number of rotatable bonds is 6. The summed E-state index contributed by atoms with van der Waals surface area (Å²) in [5, 5.41) is 5.38. The zero-order chi connectivity index (χ0) is 25.2. The Morgan fingerprint density at radius 3 is 2.42 bits per heavy atom. The lowest BCUT2D eigenvalue weighted by molar-refractivity contribution is 0.0629. The molecule has 1 aliphatic rings. The Labute approximate surface area is 211 Å². The van der Waals surface area contributed by atoms with Crippen molar-refractivity contribution < 1.29 is 14.3 Å². The van der Waals surface area contributed by atoms with E-state index in [0.717, 1.165) is 64.7 Å². The van der Waals surface area contributed by atoms with E-state index >= 15 is 0 Å². The van der Waals surface area contributed by atoms with Gasteiger partial charge in [0, 0.05) is 50.9 Å². The summed E-state index contributed by atoms with van der Waals surface area (Å²) in [6.45, 7) is 5.52. The second-order valence-corrected chi connectivity index (χ2v) is 9.07. The quantitative estimate of drug-likeness (QED) is 0.412. The Hall–Kier alpha value is -3.91. The van der Waals surface area contributed by atoms with Crippen molar-refractivity contribution in [2.75, 3.05) is 40.4 Å². The molecule has 0 aliphatic carbocycles. The Morgan fingerprint density at radius 2 is 1.72 bits per heavy atom. The maximum absolute atomic E-state index is 13.8. The number of benzene rings is 2. The molecule has 1 saturated heterocycles. The minimum Gasteiger partial charge on any atom is -0.497 e. The highest BCUT2D eigenvalue weighted by atomic mass is 16.5. The Balaban J connectivity index is 1.38. The van der Waals surface area contributed by atoms with Gasteiger partial charge in [-0.05, 0) is 31.2 Å². The normalized spacial score (nSPS) is 14.3. The van der Waals surface area contributed by atoms with E-state index in [0.29, 0.717) is 18.7 Å². The molecular weight excluding hydrogens is 454 g/mol. The average Bonchev–Trinajstić information content (AvgIpc) is 3.21. The van der Waals surface area contributed by atoms with Gasteiger partial charge >= 0.3 is 0 Å². The predicted molar refractivity (Wildman–Crippen MR) is 139 cm³/mol. The van der Waals surface area contributed by atoms with E-state index in [2.05, 4.69) is 10.00 Å². The van der Waals surface area contributed by atoms with Crippen LogP contribution in [-0.4, -0.2) is 70.9 Å². The Bertz CT molecular complexity index is 1390. The summed E-state index contributed by atoms with van der Waals surface area (Å²) in [7, 11) is 5.22. The summed E-state index contributed by atoms with van der Waals surface area (Å²) in [6, 6.07) is 17.7. The van der Waals surface area contributed by atoms with Crippen molar-refractivity contribution >= 4 is 16.9 Å². The second kappa shape index (κ2) is 9.99. The molecule has 1 amide bonds. The molecule has 8 nitrogen and oxygen atoms in total. The Kier molecular flexibility index (Phi) is 6.61. The topological polar surface area (TPSA) is 72.7 Å². The van der Waals surface area contributed by atoms with Crippen LogP contribution in [0.1, 0.15) is 21.6 Å². The van der Waals surface area contributed by atoms with Gasteiger partial charge in [-0.2, -0.15) is 5.10 Å². The lowest BCUT2D eigenvalue weighted by atomic mass is 10.0. The molecule has 5 rings (SSSR count). The summed E-state index contributed by atoms with van der Waals surface area (Å²) in [4.78, 5) is 22.9. The van der Waals surface area contributed by atoms with Crippen LogP contribution < -0.4 is 9.47 Å². The molecule has 0 bridgehead atoms. The van der Waals surface area contributed by atoms with Crippen LogP contribution in [0.4, 0.5) is 0 Å². The molecule has 0 saturated carbocycles. The van der Waals surface area contributed by atoms with Crippen LogP contribution >= 0.6 is 0 Å². The molecule has 186 valence electrons. The van der Waals surface area contributed by atoms with Gasteiger partial charge in [-0.1, -0.05) is 30.3 Å². The van der Waals surface area contributed by atoms with E-state index < -0.39 is 0 Å². The minimum atomic E-state index is 0.0225. The van der Waals surface area contributed by atoms with E-state index in [1.807, 2.05) is 73.5 Å². The van der Waals surface area contributed by atoms with Gasteiger partial charge in [0.1, 0.15) is 11.5 Å². The Morgan fingerprint density at radius 1 is 0.972 bits per heavy atom. The first-order valence-corrected chi connectivity index (χ1v) is 12.1. The van der Waals surface area contributed by atoms with E-state index in [9.17, 15) is 4.79 Å². The maximum atomic E-state index is 13.8. The number of amides is 1. The number of carbonyl (C=O) groups is 1. The zero-order valence-electron chi connectivity index (χ0n) is 21.2. The monoisotopic (exact) mass is 485 g/mol. The number of aryl methyl sites for hydroxylation is 2. The van der Waals surface area contributed by atoms with Crippen molar-refractivity contribution in [1.29, 1.82) is 0 Å². The molecule has 0 spiro atoms. The molecule has 4 aromatic rings. The number of hydrogen-bond donors (Lipinski definition) is 0. The number of nitrogens with zero attached hydrogens (tertiary/aromatic N) is 5. The molecule has 0 atom stereocenters. The minimum absolute atomic E-state index is 0.0225. The number of fused-ring (bicyclic) bond motifs is 1. The molecular formula is C28H31N5O3. The fourth-order valence-corrected chi connectivity index (χ4v) is 4.90. The SMILES string of the molecule is COc1ccc(OC)c(CN2CCN(C(=O)c3cc(-c4ccccc4)nc4c3c(C)nn4C)CC2)c1. The van der Waals surface area contributed by atoms with Gasteiger partial charge in [0.25, 0.3) is 5.91 Å². The second-order valence-electron chi connectivity index (χ2n) is 9.07. The number of ether oxygens (including phenoxy) is 2. The molecule has 8 heteroatoms. The molecule has 2 aromatic carbocycles. The molecule has 2 aromatic heterocycles. The van der Waals surface area contributed by atoms with Gasteiger partial charge in [0.2, 0.25) is 0 Å². The highest BCUT2D eigenvalue weighted by molar-refractivity contribution is 6.07. The van der Waals surface area contributed by atoms with E-state index in [1.165, 1.54) is 0 Å². The van der Waals surface area contributed by atoms with Crippen LogP contribution in [0.3, 0.4) is 0 Å². The number of piperazine rings is 1. The fraction of sp³-hybridized carbons (Fsp3) is 0.321. The third-order valence-corrected chi connectivity index (χ3v) is 6.81. The highest BCUT2D eigenvalue weighted by Gasteiger charge is 2.27. The number of methoxy groups -OCH3 is 2. The predicted octanol–water partition coefficient (Wildman–Crippen LogP) is 3.92. The third-order valence-electron chi connectivity index (χ3n) is 6.81. The van der Waals surface area contributed by atoms with Crippen molar-refractivity contribution in [1.82, 2.24) is 24.6 Å². The van der Waals surface area contributed by atoms with Crippen molar-refractivity contribution in [3.8, 4) is 22.8 Å². The number of carbonyl (C=O) groups excluding carboxylic acids is 1. The summed E-state index contributed by atoms with van der Waals surface area (Å²) in [5.41, 5.74) is 5.02. The van der Waals surface area contributed by atoms with Gasteiger partial charge < -0.3 is 14.4 Å². The molecule has 3 heterocycles. The van der Waals surface area contributed by atoms with Gasteiger partial charge in [-0.3, -0.25) is 14.4 Å². The van der Waals surface area contributed by atoms with Crippen LogP contribution in [0, 0.1) is 6.92 Å². The largest absolute Gasteiger partial charge is 0.497 e. The lowest BCUT2D eigenvalue weighted by Crippen LogP contribution is -2.48. The van der Waals surface area contributed by atoms with Crippen LogP contribution in [0.25, 0.3) is 22.3 Å². The van der Waals surface area contributed by atoms with Gasteiger partial charge in [-0.25, -0.2) is 4.98 Å². The number of hydrogen-bond acceptors (Lipinski definition) is 6. The van der Waals surface area contributed by atoms with Crippen molar-refractivity contribution in [2.24, 2.45) is 7.05 Å². The summed E-state index contributed by atoms with van der Waals surface area (Å²) < 4.78 is 12.7. The third kappa shape index (κ3) is 4.52. The van der Waals surface area contributed by atoms with E-state index in [1.54, 1.807) is 18.9 Å². The first-order valence-electron chi connectivity index (χ1n) is 12.1. The maximum Gasteiger partial charge on any atom is 0.254 e. The van der Waals surface area contributed by atoms with Crippen molar-refractivity contribution in [2.45, 2.75) is 13.5 Å². The van der Waals surface area contributed by atoms with Gasteiger partial charge in [0.05, 0.1) is 36.6 Å². The first-order chi connectivity index (χ1) is 17.5. The van der Waals surface area contributed by atoms with Crippen LogP contribution in [0.15, 0.2) is 54.6 Å². The standard InChI is InChI=1S/C28H31N5O3/c1-19-26-23(17-24(20-8-6-5-7-9-20)29-27(26)31(2)30-19)28(34)33-14-12-32(13-15-33)18-21-16-22(35-3)10-11-25(21)36-4/h5-11,16-17H,12-15,18H2,1-4H3. The number of pyridine rings is 1. The molecule has 1 fully saturated rings. The summed E-state index contributed by atoms with van der Waals surface area (Å²) in [5.74, 6) is 1.67. The fourth-order valence-electron chi connectivity index (χ4n) is 4.90. The zero-order valence-corrected chi connectivity index (χ0v) is 21.2. The molecule has 0 N–H and O–H groups in total. The molecule has 0 unspecified atom stereocenters. The van der Waals surface area contributed by atoms with Gasteiger partial charge in [0.15, 0.2) is 5.65 Å². The molecule has 36 heavy (non-hydrogen) atoms. The average molecular weight is 486 g/mol. The molecule has 1 aliphatic heterocycles. The van der Waals surface area contributed by atoms with E-state index in [4.69, 9.17) is 14.5 Å². The summed E-state index contributed by atoms with van der Waals surface area (Å²) >= 11 is 0. The highest BCUT2D eigenvalue weighted by Crippen LogP contribution is 2.29. The molecule has 0 radical (unpaired) electrons. The lowest BCUT2D eigenvalue weighted by Gasteiger charge is -2.35. The van der Waals surface area contributed by atoms with Crippen molar-refractivity contribution in [3.63, 3.8) is 0 Å². The smallest absolute Gasteiger partial charge is 0.254 e. The first kappa shape index (κ1) is 23.8. The summed E-state index contributed by atoms with van der Waals surface area (Å²) in [6.07, 6.45) is 0. The van der Waals surface area contributed by atoms with E-state index in [-0.39, 0.29) is 5.91 Å². The van der Waals surface area contributed by atoms with Crippen molar-refractivity contribution in [3.05, 3.63) is 71.4 Å². The number of aromatic nitrogens is 3. The van der Waals surface area contributed by atoms with Gasteiger partial charge in [-0.15, -0.1) is 0 Å².